The number of aliphatic hydroxyl groups is 1. The summed E-state index contributed by atoms with van der Waals surface area (Å²) in [5.74, 6) is -0.269. The molecule has 0 spiro atoms. The van der Waals surface area contributed by atoms with Crippen molar-refractivity contribution < 1.29 is 23.1 Å². The normalized spacial score (nSPS) is 28.2. The maximum Gasteiger partial charge on any atom is 0.405 e. The summed E-state index contributed by atoms with van der Waals surface area (Å²) in [6.07, 6.45) is -0.914. The fraction of sp³-hybridized carbons (Fsp3) is 0.917. The average molecular weight is 282 g/mol. The number of halogens is 3. The Kier molecular flexibility index (Phi) is 5.61. The van der Waals surface area contributed by atoms with E-state index >= 15 is 0 Å². The molecule has 1 aliphatic carbocycles. The van der Waals surface area contributed by atoms with Crippen LogP contribution in [0.5, 0.6) is 0 Å². The van der Waals surface area contributed by atoms with Crippen molar-refractivity contribution >= 4 is 5.91 Å². The van der Waals surface area contributed by atoms with Crippen molar-refractivity contribution in [3.8, 4) is 0 Å². The van der Waals surface area contributed by atoms with Crippen LogP contribution in [0, 0.1) is 5.92 Å². The van der Waals surface area contributed by atoms with E-state index < -0.39 is 24.2 Å². The van der Waals surface area contributed by atoms with Crippen LogP contribution in [-0.2, 0) is 4.79 Å². The van der Waals surface area contributed by atoms with Crippen molar-refractivity contribution in [1.82, 2.24) is 10.6 Å². The summed E-state index contributed by atoms with van der Waals surface area (Å²) in [5, 5.41) is 14.2. The molecule has 0 saturated heterocycles. The van der Waals surface area contributed by atoms with Crippen molar-refractivity contribution in [2.45, 2.75) is 44.3 Å². The van der Waals surface area contributed by atoms with Gasteiger partial charge in [0.15, 0.2) is 0 Å². The fourth-order valence-electron chi connectivity index (χ4n) is 2.55. The minimum Gasteiger partial charge on any atom is -0.394 e. The van der Waals surface area contributed by atoms with Gasteiger partial charge in [-0.15, -0.1) is 0 Å². The maximum absolute atomic E-state index is 11.9. The van der Waals surface area contributed by atoms with Crippen molar-refractivity contribution in [3.63, 3.8) is 0 Å². The predicted octanol–water partition coefficient (Wildman–Crippen LogP) is 1.20. The standard InChI is InChI=1S/C12H21F3N2O2/c1-9-3-2-4-11(5-9,8-18)17-6-10(19)16-7-12(13,14)15/h9,17-18H,2-8H2,1H3,(H,16,19). The molecule has 0 aromatic rings. The molecule has 1 aliphatic rings. The van der Waals surface area contributed by atoms with Gasteiger partial charge in [-0.2, -0.15) is 13.2 Å². The van der Waals surface area contributed by atoms with Gasteiger partial charge in [-0.05, 0) is 18.8 Å². The number of carbonyl (C=O) groups excluding carboxylic acids is 1. The third-order valence-corrected chi connectivity index (χ3v) is 3.50. The highest BCUT2D eigenvalue weighted by Crippen LogP contribution is 2.31. The Morgan fingerprint density at radius 3 is 2.68 bits per heavy atom. The van der Waals surface area contributed by atoms with E-state index in [2.05, 4.69) is 12.2 Å². The van der Waals surface area contributed by atoms with Crippen molar-refractivity contribution in [2.24, 2.45) is 5.92 Å². The Balaban J connectivity index is 2.38. The van der Waals surface area contributed by atoms with Crippen LogP contribution in [0.2, 0.25) is 0 Å². The van der Waals surface area contributed by atoms with Gasteiger partial charge in [0.05, 0.1) is 13.2 Å². The van der Waals surface area contributed by atoms with E-state index in [0.717, 1.165) is 25.7 Å². The zero-order valence-electron chi connectivity index (χ0n) is 11.0. The molecular weight excluding hydrogens is 261 g/mol. The summed E-state index contributed by atoms with van der Waals surface area (Å²) in [4.78, 5) is 11.3. The Hall–Kier alpha value is -0.820. The summed E-state index contributed by atoms with van der Waals surface area (Å²) < 4.78 is 35.8. The molecule has 7 heteroatoms. The van der Waals surface area contributed by atoms with Crippen LogP contribution in [0.1, 0.15) is 32.6 Å². The Morgan fingerprint density at radius 1 is 1.47 bits per heavy atom. The molecule has 0 radical (unpaired) electrons. The minimum atomic E-state index is -4.40. The lowest BCUT2D eigenvalue weighted by molar-refractivity contribution is -0.138. The highest BCUT2D eigenvalue weighted by Gasteiger charge is 2.34. The van der Waals surface area contributed by atoms with E-state index in [-0.39, 0.29) is 13.2 Å². The molecule has 0 bridgehead atoms. The molecule has 19 heavy (non-hydrogen) atoms. The van der Waals surface area contributed by atoms with Crippen LogP contribution in [0.4, 0.5) is 13.2 Å². The van der Waals surface area contributed by atoms with E-state index in [9.17, 15) is 23.1 Å². The molecule has 0 aromatic heterocycles. The Labute approximate surface area is 110 Å². The summed E-state index contributed by atoms with van der Waals surface area (Å²) >= 11 is 0. The highest BCUT2D eigenvalue weighted by molar-refractivity contribution is 5.78. The zero-order valence-corrected chi connectivity index (χ0v) is 11.0. The lowest BCUT2D eigenvalue weighted by Crippen LogP contribution is -2.54. The molecule has 1 amide bonds. The minimum absolute atomic E-state index is 0.107. The summed E-state index contributed by atoms with van der Waals surface area (Å²) in [5.41, 5.74) is -0.534. The van der Waals surface area contributed by atoms with E-state index in [4.69, 9.17) is 0 Å². The number of rotatable bonds is 5. The zero-order chi connectivity index (χ0) is 14.5. The molecule has 1 saturated carbocycles. The first kappa shape index (κ1) is 16.2. The Morgan fingerprint density at radius 2 is 2.16 bits per heavy atom. The fourth-order valence-corrected chi connectivity index (χ4v) is 2.55. The lowest BCUT2D eigenvalue weighted by atomic mass is 9.77. The van der Waals surface area contributed by atoms with Gasteiger partial charge in [-0.25, -0.2) is 0 Å². The molecule has 1 fully saturated rings. The van der Waals surface area contributed by atoms with Gasteiger partial charge in [0.1, 0.15) is 6.54 Å². The number of amides is 1. The summed E-state index contributed by atoms with van der Waals surface area (Å²) in [6, 6.07) is 0. The van der Waals surface area contributed by atoms with Gasteiger partial charge in [-0.3, -0.25) is 4.79 Å². The van der Waals surface area contributed by atoms with Crippen molar-refractivity contribution in [3.05, 3.63) is 0 Å². The molecule has 112 valence electrons. The molecule has 0 aliphatic heterocycles. The second-order valence-corrected chi connectivity index (χ2v) is 5.39. The van der Waals surface area contributed by atoms with E-state index in [1.807, 2.05) is 0 Å². The van der Waals surface area contributed by atoms with E-state index in [1.54, 1.807) is 5.32 Å². The first-order chi connectivity index (χ1) is 8.76. The summed E-state index contributed by atoms with van der Waals surface area (Å²) in [7, 11) is 0. The molecule has 2 atom stereocenters. The average Bonchev–Trinajstić information content (AvgIpc) is 2.33. The topological polar surface area (TPSA) is 61.4 Å². The first-order valence-corrected chi connectivity index (χ1v) is 6.46. The van der Waals surface area contributed by atoms with Crippen LogP contribution < -0.4 is 10.6 Å². The maximum atomic E-state index is 11.9. The third kappa shape index (κ3) is 5.78. The number of carbonyl (C=O) groups is 1. The molecule has 4 nitrogen and oxygen atoms in total. The molecule has 3 N–H and O–H groups in total. The highest BCUT2D eigenvalue weighted by atomic mass is 19.4. The smallest absolute Gasteiger partial charge is 0.394 e. The molecule has 1 rings (SSSR count). The SMILES string of the molecule is CC1CCCC(CO)(NCC(=O)NCC(F)(F)F)C1. The van der Waals surface area contributed by atoms with Gasteiger partial charge in [0.25, 0.3) is 0 Å². The van der Waals surface area contributed by atoms with E-state index in [1.165, 1.54) is 0 Å². The molecule has 0 heterocycles. The van der Waals surface area contributed by atoms with Gasteiger partial charge in [-0.1, -0.05) is 19.8 Å². The number of hydrogen-bond acceptors (Lipinski definition) is 3. The number of hydrogen-bond donors (Lipinski definition) is 3. The van der Waals surface area contributed by atoms with Crippen LogP contribution >= 0.6 is 0 Å². The quantitative estimate of drug-likeness (QED) is 0.710. The van der Waals surface area contributed by atoms with E-state index in [0.29, 0.717) is 5.92 Å². The Bertz CT molecular complexity index is 310. The van der Waals surface area contributed by atoms with Crippen molar-refractivity contribution in [2.75, 3.05) is 19.7 Å². The molecule has 2 unspecified atom stereocenters. The molecular formula is C12H21F3N2O2. The second-order valence-electron chi connectivity index (χ2n) is 5.39. The van der Waals surface area contributed by atoms with Crippen LogP contribution in [0.25, 0.3) is 0 Å². The summed E-state index contributed by atoms with van der Waals surface area (Å²) in [6.45, 7) is 0.429. The van der Waals surface area contributed by atoms with Gasteiger partial charge in [0, 0.05) is 5.54 Å². The second kappa shape index (κ2) is 6.56. The first-order valence-electron chi connectivity index (χ1n) is 6.46. The van der Waals surface area contributed by atoms with Gasteiger partial charge < -0.3 is 15.7 Å². The lowest BCUT2D eigenvalue weighted by Gasteiger charge is -2.39. The van der Waals surface area contributed by atoms with Crippen LogP contribution in [-0.4, -0.2) is 42.4 Å². The van der Waals surface area contributed by atoms with Crippen molar-refractivity contribution in [1.29, 1.82) is 0 Å². The predicted molar refractivity (Wildman–Crippen MR) is 64.5 cm³/mol. The van der Waals surface area contributed by atoms with Crippen LogP contribution in [0.3, 0.4) is 0 Å². The molecule has 0 aromatic carbocycles. The van der Waals surface area contributed by atoms with Gasteiger partial charge in [0.2, 0.25) is 5.91 Å². The number of nitrogens with one attached hydrogen (secondary N) is 2. The third-order valence-electron chi connectivity index (χ3n) is 3.50. The largest absolute Gasteiger partial charge is 0.405 e. The number of alkyl halides is 3. The monoisotopic (exact) mass is 282 g/mol. The van der Waals surface area contributed by atoms with Gasteiger partial charge >= 0.3 is 6.18 Å². The number of aliphatic hydroxyl groups excluding tert-OH is 1. The van der Waals surface area contributed by atoms with Crippen LogP contribution in [0.15, 0.2) is 0 Å².